The number of nitrogens with one attached hydrogen (secondary N) is 1. The average molecular weight is 208 g/mol. The molecule has 0 saturated heterocycles. The molecule has 0 spiro atoms. The van der Waals surface area contributed by atoms with Crippen molar-refractivity contribution in [2.75, 3.05) is 51.6 Å². The highest BCUT2D eigenvalue weighted by Gasteiger charge is 1.88. The predicted octanol–water partition coefficient (Wildman–Crippen LogP) is -0.112. The molecule has 0 aliphatic carbocycles. The fraction of sp³-hybridized carbons (Fsp3) is 1.00. The number of hydrogen-bond donors (Lipinski definition) is 2. The van der Waals surface area contributed by atoms with Crippen LogP contribution in [0.2, 0.25) is 0 Å². The maximum absolute atomic E-state index is 5.29. The van der Waals surface area contributed by atoms with Crippen molar-refractivity contribution in [3.63, 3.8) is 0 Å². The Morgan fingerprint density at radius 1 is 1.15 bits per heavy atom. The zero-order valence-corrected chi connectivity index (χ0v) is 9.07. The first kappa shape index (κ1) is 13.2. The topological polar surface area (TPSA) is 56.5 Å². The molecule has 0 atom stereocenters. The summed E-state index contributed by atoms with van der Waals surface area (Å²) in [5.41, 5.74) is 5.25. The summed E-state index contributed by atoms with van der Waals surface area (Å²) in [4.78, 5) is 0. The van der Waals surface area contributed by atoms with Crippen LogP contribution in [-0.2, 0) is 9.47 Å². The minimum Gasteiger partial charge on any atom is -0.378 e. The van der Waals surface area contributed by atoms with E-state index in [-0.39, 0.29) is 0 Å². The van der Waals surface area contributed by atoms with E-state index in [9.17, 15) is 0 Å². The average Bonchev–Trinajstić information content (AvgIpc) is 2.16. The van der Waals surface area contributed by atoms with Crippen LogP contribution in [0, 0.1) is 0 Å². The van der Waals surface area contributed by atoms with Gasteiger partial charge in [-0.05, 0) is 6.26 Å². The number of hydrogen-bond acceptors (Lipinski definition) is 5. The summed E-state index contributed by atoms with van der Waals surface area (Å²) in [6.07, 6.45) is 2.06. The van der Waals surface area contributed by atoms with Gasteiger partial charge in [0.2, 0.25) is 0 Å². The molecule has 0 aromatic carbocycles. The van der Waals surface area contributed by atoms with Gasteiger partial charge in [0.25, 0.3) is 0 Å². The van der Waals surface area contributed by atoms with E-state index in [4.69, 9.17) is 15.2 Å². The van der Waals surface area contributed by atoms with Gasteiger partial charge in [-0.1, -0.05) is 0 Å². The highest BCUT2D eigenvalue weighted by molar-refractivity contribution is 7.98. The standard InChI is InChI=1S/C8H20N2O2S/c1-13-8-10-3-5-12-7-6-11-4-2-9/h10H,2-9H2,1H3. The van der Waals surface area contributed by atoms with Gasteiger partial charge in [0, 0.05) is 19.0 Å². The van der Waals surface area contributed by atoms with Crippen LogP contribution in [0.4, 0.5) is 0 Å². The van der Waals surface area contributed by atoms with Crippen molar-refractivity contribution >= 4 is 11.8 Å². The molecule has 0 fully saturated rings. The Balaban J connectivity index is 2.76. The third-order valence-corrected chi connectivity index (χ3v) is 1.80. The normalized spacial score (nSPS) is 10.6. The van der Waals surface area contributed by atoms with Crippen LogP contribution in [-0.4, -0.2) is 51.6 Å². The molecule has 0 saturated carbocycles. The third kappa shape index (κ3) is 12.2. The fourth-order valence-electron chi connectivity index (χ4n) is 0.724. The lowest BCUT2D eigenvalue weighted by atomic mass is 10.6. The molecular formula is C8H20N2O2S. The summed E-state index contributed by atoms with van der Waals surface area (Å²) >= 11 is 1.77. The highest BCUT2D eigenvalue weighted by Crippen LogP contribution is 1.84. The smallest absolute Gasteiger partial charge is 0.0701 e. The zero-order valence-electron chi connectivity index (χ0n) is 8.25. The number of rotatable bonds is 10. The second-order valence-corrected chi connectivity index (χ2v) is 3.31. The molecule has 0 aliphatic rings. The third-order valence-electron chi connectivity index (χ3n) is 1.30. The van der Waals surface area contributed by atoms with Gasteiger partial charge < -0.3 is 20.5 Å². The van der Waals surface area contributed by atoms with Crippen LogP contribution in [0.3, 0.4) is 0 Å². The second-order valence-electron chi connectivity index (χ2n) is 2.45. The molecule has 0 bridgehead atoms. The van der Waals surface area contributed by atoms with Crippen LogP contribution in [0.1, 0.15) is 0 Å². The highest BCUT2D eigenvalue weighted by atomic mass is 32.2. The predicted molar refractivity (Wildman–Crippen MR) is 57.1 cm³/mol. The van der Waals surface area contributed by atoms with Gasteiger partial charge in [-0.2, -0.15) is 0 Å². The van der Waals surface area contributed by atoms with E-state index < -0.39 is 0 Å². The van der Waals surface area contributed by atoms with Crippen molar-refractivity contribution in [3.8, 4) is 0 Å². The maximum Gasteiger partial charge on any atom is 0.0701 e. The first-order valence-electron chi connectivity index (χ1n) is 4.47. The molecule has 0 unspecified atom stereocenters. The molecule has 0 amide bonds. The molecule has 0 aromatic heterocycles. The molecule has 13 heavy (non-hydrogen) atoms. The molecule has 3 N–H and O–H groups in total. The Hall–Kier alpha value is 0.190. The minimum absolute atomic E-state index is 0.579. The summed E-state index contributed by atoms with van der Waals surface area (Å²) in [5.74, 6) is 0.979. The van der Waals surface area contributed by atoms with Crippen molar-refractivity contribution in [2.24, 2.45) is 5.73 Å². The Labute approximate surface area is 84.5 Å². The SMILES string of the molecule is CSCNCCOCCOCCN. The van der Waals surface area contributed by atoms with Gasteiger partial charge in [0.05, 0.1) is 26.4 Å². The summed E-state index contributed by atoms with van der Waals surface area (Å²) in [5, 5.41) is 3.21. The van der Waals surface area contributed by atoms with Gasteiger partial charge in [0.1, 0.15) is 0 Å². The van der Waals surface area contributed by atoms with Crippen LogP contribution >= 0.6 is 11.8 Å². The van der Waals surface area contributed by atoms with Gasteiger partial charge in [0.15, 0.2) is 0 Å². The van der Waals surface area contributed by atoms with E-state index in [0.29, 0.717) is 26.4 Å². The fourth-order valence-corrected chi connectivity index (χ4v) is 1.07. The number of nitrogens with two attached hydrogens (primary N) is 1. The maximum atomic E-state index is 5.29. The molecule has 80 valence electrons. The van der Waals surface area contributed by atoms with E-state index in [0.717, 1.165) is 19.0 Å². The van der Waals surface area contributed by atoms with Crippen LogP contribution < -0.4 is 11.1 Å². The van der Waals surface area contributed by atoms with E-state index in [1.54, 1.807) is 11.8 Å². The summed E-state index contributed by atoms with van der Waals surface area (Å²) in [6.45, 7) is 4.13. The molecule has 0 radical (unpaired) electrons. The molecule has 0 aromatic rings. The van der Waals surface area contributed by atoms with Crippen molar-refractivity contribution < 1.29 is 9.47 Å². The van der Waals surface area contributed by atoms with Gasteiger partial charge in [-0.15, -0.1) is 11.8 Å². The monoisotopic (exact) mass is 208 g/mol. The van der Waals surface area contributed by atoms with E-state index in [1.165, 1.54) is 0 Å². The Morgan fingerprint density at radius 2 is 1.85 bits per heavy atom. The molecule has 4 nitrogen and oxygen atoms in total. The minimum atomic E-state index is 0.579. The molecule has 0 heterocycles. The number of ether oxygens (including phenoxy) is 2. The summed E-state index contributed by atoms with van der Waals surface area (Å²) in [6, 6.07) is 0. The van der Waals surface area contributed by atoms with Gasteiger partial charge >= 0.3 is 0 Å². The van der Waals surface area contributed by atoms with Crippen LogP contribution in [0.25, 0.3) is 0 Å². The van der Waals surface area contributed by atoms with Gasteiger partial charge in [-0.25, -0.2) is 0 Å². The largest absolute Gasteiger partial charge is 0.378 e. The molecule has 0 aliphatic heterocycles. The second kappa shape index (κ2) is 12.2. The lowest BCUT2D eigenvalue weighted by Crippen LogP contribution is -2.20. The van der Waals surface area contributed by atoms with Crippen molar-refractivity contribution in [3.05, 3.63) is 0 Å². The lowest BCUT2D eigenvalue weighted by Gasteiger charge is -2.05. The quantitative estimate of drug-likeness (QED) is 0.387. The van der Waals surface area contributed by atoms with E-state index in [2.05, 4.69) is 11.6 Å². The Kier molecular flexibility index (Phi) is 12.4. The van der Waals surface area contributed by atoms with Gasteiger partial charge in [-0.3, -0.25) is 0 Å². The molecule has 0 rings (SSSR count). The van der Waals surface area contributed by atoms with Crippen molar-refractivity contribution in [1.29, 1.82) is 0 Å². The molecule has 5 heteroatoms. The Bertz CT molecular complexity index is 86.2. The van der Waals surface area contributed by atoms with E-state index >= 15 is 0 Å². The summed E-state index contributed by atoms with van der Waals surface area (Å²) < 4.78 is 10.4. The van der Waals surface area contributed by atoms with Crippen LogP contribution in [0.5, 0.6) is 0 Å². The first-order chi connectivity index (χ1) is 6.41. The Morgan fingerprint density at radius 3 is 2.46 bits per heavy atom. The molecular weight excluding hydrogens is 188 g/mol. The van der Waals surface area contributed by atoms with Crippen LogP contribution in [0.15, 0.2) is 0 Å². The lowest BCUT2D eigenvalue weighted by molar-refractivity contribution is 0.0522. The zero-order chi connectivity index (χ0) is 9.78. The van der Waals surface area contributed by atoms with Crippen molar-refractivity contribution in [2.45, 2.75) is 0 Å². The number of thioether (sulfide) groups is 1. The van der Waals surface area contributed by atoms with Crippen molar-refractivity contribution in [1.82, 2.24) is 5.32 Å². The first-order valence-corrected chi connectivity index (χ1v) is 5.86. The summed E-state index contributed by atoms with van der Waals surface area (Å²) in [7, 11) is 0. The van der Waals surface area contributed by atoms with E-state index in [1.807, 2.05) is 0 Å².